The lowest BCUT2D eigenvalue weighted by Crippen LogP contribution is -2.33. The number of fused-ring (bicyclic) bond motifs is 3. The van der Waals surface area contributed by atoms with Gasteiger partial charge in [-0.1, -0.05) is 53.5 Å². The standard InChI is InChI=1S/C23H18Cl2N2O2/c1-28-17-9-7-15(8-10-17)23-27-21(13-20(26-27)14-5-3-2-4-6-14)18-11-16(24)12-19(25)22(18)29-23/h2-12,21,23H,13H2,1H3/t21-,23+/m0/s1. The van der Waals surface area contributed by atoms with Crippen molar-refractivity contribution in [1.29, 1.82) is 0 Å². The van der Waals surface area contributed by atoms with E-state index in [1.54, 1.807) is 13.2 Å². The van der Waals surface area contributed by atoms with Gasteiger partial charge in [-0.05, 0) is 42.0 Å². The Kier molecular flexibility index (Phi) is 4.61. The molecule has 0 fully saturated rings. The first-order chi connectivity index (χ1) is 14.1. The van der Waals surface area contributed by atoms with Crippen LogP contribution in [-0.4, -0.2) is 17.8 Å². The van der Waals surface area contributed by atoms with E-state index >= 15 is 0 Å². The van der Waals surface area contributed by atoms with Gasteiger partial charge in [-0.3, -0.25) is 0 Å². The van der Waals surface area contributed by atoms with Crippen molar-refractivity contribution in [2.45, 2.75) is 18.7 Å². The number of hydrogen-bond acceptors (Lipinski definition) is 4. The third-order valence-corrected chi connectivity index (χ3v) is 5.82. The lowest BCUT2D eigenvalue weighted by molar-refractivity contribution is -0.0189. The number of benzene rings is 3. The SMILES string of the molecule is COc1ccc([C@H]2Oc3c(Cl)cc(Cl)cc3[C@@H]3CC(c4ccccc4)=NN23)cc1. The van der Waals surface area contributed by atoms with E-state index in [0.717, 1.165) is 34.6 Å². The van der Waals surface area contributed by atoms with Gasteiger partial charge in [0.15, 0.2) is 0 Å². The Morgan fingerprint density at radius 2 is 1.79 bits per heavy atom. The van der Waals surface area contributed by atoms with Crippen molar-refractivity contribution in [3.05, 3.63) is 93.5 Å². The maximum absolute atomic E-state index is 6.51. The molecule has 0 saturated heterocycles. The molecule has 2 atom stereocenters. The maximum atomic E-state index is 6.51. The Balaban J connectivity index is 1.61. The average molecular weight is 425 g/mol. The van der Waals surface area contributed by atoms with Crippen LogP contribution in [0.5, 0.6) is 11.5 Å². The van der Waals surface area contributed by atoms with Gasteiger partial charge in [0.05, 0.1) is 23.9 Å². The second-order valence-electron chi connectivity index (χ2n) is 7.06. The fourth-order valence-electron chi connectivity index (χ4n) is 3.91. The van der Waals surface area contributed by atoms with E-state index in [1.807, 2.05) is 53.5 Å². The number of ether oxygens (including phenoxy) is 2. The normalized spacial score (nSPS) is 19.8. The van der Waals surface area contributed by atoms with Crippen molar-refractivity contribution in [3.63, 3.8) is 0 Å². The van der Waals surface area contributed by atoms with Gasteiger partial charge < -0.3 is 9.47 Å². The molecule has 29 heavy (non-hydrogen) atoms. The van der Waals surface area contributed by atoms with Crippen LogP contribution < -0.4 is 9.47 Å². The molecule has 3 aromatic carbocycles. The summed E-state index contributed by atoms with van der Waals surface area (Å²) in [6, 6.07) is 21.7. The third-order valence-electron chi connectivity index (χ3n) is 5.32. The van der Waals surface area contributed by atoms with Crippen molar-refractivity contribution in [1.82, 2.24) is 5.01 Å². The molecular weight excluding hydrogens is 407 g/mol. The minimum atomic E-state index is -0.390. The summed E-state index contributed by atoms with van der Waals surface area (Å²) in [7, 11) is 1.65. The summed E-state index contributed by atoms with van der Waals surface area (Å²) in [5.74, 6) is 1.46. The molecule has 0 spiro atoms. The van der Waals surface area contributed by atoms with Gasteiger partial charge in [0.2, 0.25) is 6.23 Å². The monoisotopic (exact) mass is 424 g/mol. The predicted octanol–water partition coefficient (Wildman–Crippen LogP) is 6.24. The Morgan fingerprint density at radius 3 is 2.52 bits per heavy atom. The fraction of sp³-hybridized carbons (Fsp3) is 0.174. The van der Waals surface area contributed by atoms with Crippen LogP contribution >= 0.6 is 23.2 Å². The van der Waals surface area contributed by atoms with E-state index in [9.17, 15) is 0 Å². The number of rotatable bonds is 3. The van der Waals surface area contributed by atoms with Gasteiger partial charge >= 0.3 is 0 Å². The Morgan fingerprint density at radius 1 is 1.03 bits per heavy atom. The summed E-state index contributed by atoms with van der Waals surface area (Å²) < 4.78 is 11.7. The summed E-state index contributed by atoms with van der Waals surface area (Å²) in [5, 5.41) is 8.06. The molecule has 2 aliphatic rings. The van der Waals surface area contributed by atoms with Crippen LogP contribution in [-0.2, 0) is 0 Å². The van der Waals surface area contributed by atoms with Crippen molar-refractivity contribution in [2.24, 2.45) is 5.10 Å². The molecule has 0 saturated carbocycles. The molecule has 0 N–H and O–H groups in total. The maximum Gasteiger partial charge on any atom is 0.213 e. The van der Waals surface area contributed by atoms with Crippen molar-refractivity contribution >= 4 is 28.9 Å². The zero-order valence-electron chi connectivity index (χ0n) is 15.7. The first-order valence-corrected chi connectivity index (χ1v) is 10.1. The molecule has 0 radical (unpaired) electrons. The average Bonchev–Trinajstić information content (AvgIpc) is 3.20. The molecule has 6 heteroatoms. The summed E-state index contributed by atoms with van der Waals surface area (Å²) in [6.45, 7) is 0. The highest BCUT2D eigenvalue weighted by Gasteiger charge is 2.42. The van der Waals surface area contributed by atoms with Gasteiger partial charge in [-0.25, -0.2) is 5.01 Å². The zero-order valence-corrected chi connectivity index (χ0v) is 17.2. The van der Waals surface area contributed by atoms with Crippen LogP contribution in [0.2, 0.25) is 10.0 Å². The zero-order chi connectivity index (χ0) is 20.0. The Hall–Kier alpha value is -2.69. The van der Waals surface area contributed by atoms with Crippen molar-refractivity contribution in [2.75, 3.05) is 7.11 Å². The predicted molar refractivity (Wildman–Crippen MR) is 115 cm³/mol. The van der Waals surface area contributed by atoms with Crippen LogP contribution in [0.25, 0.3) is 0 Å². The highest BCUT2D eigenvalue weighted by molar-refractivity contribution is 6.35. The molecule has 5 rings (SSSR count). The van der Waals surface area contributed by atoms with Gasteiger partial charge in [0.1, 0.15) is 11.5 Å². The second kappa shape index (κ2) is 7.29. The van der Waals surface area contributed by atoms with E-state index in [2.05, 4.69) is 12.1 Å². The Bertz CT molecular complexity index is 1080. The van der Waals surface area contributed by atoms with Gasteiger partial charge in [0, 0.05) is 22.6 Å². The van der Waals surface area contributed by atoms with Gasteiger partial charge in [-0.15, -0.1) is 0 Å². The number of hydrazone groups is 1. The van der Waals surface area contributed by atoms with E-state index in [1.165, 1.54) is 0 Å². The third kappa shape index (κ3) is 3.22. The molecule has 146 valence electrons. The first kappa shape index (κ1) is 18.3. The smallest absolute Gasteiger partial charge is 0.213 e. The molecule has 0 unspecified atom stereocenters. The lowest BCUT2D eigenvalue weighted by atomic mass is 9.96. The minimum Gasteiger partial charge on any atom is -0.497 e. The van der Waals surface area contributed by atoms with E-state index in [0.29, 0.717) is 15.8 Å². The second-order valence-corrected chi connectivity index (χ2v) is 7.91. The van der Waals surface area contributed by atoms with Crippen LogP contribution in [0.15, 0.2) is 71.8 Å². The fourth-order valence-corrected chi connectivity index (χ4v) is 4.46. The van der Waals surface area contributed by atoms with E-state index < -0.39 is 6.23 Å². The van der Waals surface area contributed by atoms with Crippen LogP contribution in [0, 0.1) is 0 Å². The van der Waals surface area contributed by atoms with Crippen LogP contribution in [0.3, 0.4) is 0 Å². The summed E-state index contributed by atoms with van der Waals surface area (Å²) in [4.78, 5) is 0. The number of halogens is 2. The lowest BCUT2D eigenvalue weighted by Gasteiger charge is -2.38. The molecule has 0 aliphatic carbocycles. The molecule has 0 amide bonds. The van der Waals surface area contributed by atoms with E-state index in [-0.39, 0.29) is 6.04 Å². The first-order valence-electron chi connectivity index (χ1n) is 9.35. The van der Waals surface area contributed by atoms with Crippen LogP contribution in [0.4, 0.5) is 0 Å². The molecule has 0 bridgehead atoms. The van der Waals surface area contributed by atoms with Gasteiger partial charge in [-0.2, -0.15) is 5.10 Å². The van der Waals surface area contributed by atoms with Gasteiger partial charge in [0.25, 0.3) is 0 Å². The molecule has 2 heterocycles. The molecule has 3 aromatic rings. The van der Waals surface area contributed by atoms with Crippen LogP contribution in [0.1, 0.15) is 35.4 Å². The Labute approximate surface area is 179 Å². The highest BCUT2D eigenvalue weighted by Crippen LogP contribution is 2.50. The minimum absolute atomic E-state index is 0.00254. The summed E-state index contributed by atoms with van der Waals surface area (Å²) in [5.41, 5.74) is 4.05. The number of hydrogen-bond donors (Lipinski definition) is 0. The number of methoxy groups -OCH3 is 1. The quantitative estimate of drug-likeness (QED) is 0.498. The largest absolute Gasteiger partial charge is 0.497 e. The molecular formula is C23H18Cl2N2O2. The highest BCUT2D eigenvalue weighted by atomic mass is 35.5. The molecule has 0 aromatic heterocycles. The number of nitrogens with zero attached hydrogens (tertiary/aromatic N) is 2. The molecule has 4 nitrogen and oxygen atoms in total. The van der Waals surface area contributed by atoms with Crippen molar-refractivity contribution in [3.8, 4) is 11.5 Å². The molecule has 2 aliphatic heterocycles. The van der Waals surface area contributed by atoms with E-state index in [4.69, 9.17) is 37.8 Å². The summed E-state index contributed by atoms with van der Waals surface area (Å²) in [6.07, 6.45) is 0.363. The van der Waals surface area contributed by atoms with Crippen molar-refractivity contribution < 1.29 is 9.47 Å². The topological polar surface area (TPSA) is 34.1 Å². The summed E-state index contributed by atoms with van der Waals surface area (Å²) >= 11 is 12.8.